The Kier molecular flexibility index (Phi) is 6.79. The summed E-state index contributed by atoms with van der Waals surface area (Å²) in [6.07, 6.45) is 0. The molecule has 0 saturated carbocycles. The van der Waals surface area contributed by atoms with Crippen molar-refractivity contribution in [2.45, 2.75) is 19.7 Å². The fourth-order valence-corrected chi connectivity index (χ4v) is 3.25. The van der Waals surface area contributed by atoms with Crippen LogP contribution in [0.3, 0.4) is 0 Å². The molecule has 0 aliphatic rings. The van der Waals surface area contributed by atoms with Crippen LogP contribution in [0.15, 0.2) is 77.3 Å². The number of ether oxygens (including phenoxy) is 1. The fourth-order valence-electron chi connectivity index (χ4n) is 2.98. The van der Waals surface area contributed by atoms with Gasteiger partial charge in [0.15, 0.2) is 0 Å². The van der Waals surface area contributed by atoms with Gasteiger partial charge in [-0.3, -0.25) is 15.0 Å². The lowest BCUT2D eigenvalue weighted by Gasteiger charge is -2.19. The molecular formula is C22H21BrN2O3. The Bertz CT molecular complexity index is 930. The predicted octanol–water partition coefficient (Wildman–Crippen LogP) is 5.57. The minimum absolute atomic E-state index is 0.00882. The van der Waals surface area contributed by atoms with E-state index >= 15 is 0 Å². The maximum absolute atomic E-state index is 11.5. The minimum atomic E-state index is -0.390. The van der Waals surface area contributed by atoms with Crippen LogP contribution in [0, 0.1) is 10.1 Å². The Morgan fingerprint density at radius 1 is 0.929 bits per heavy atom. The van der Waals surface area contributed by atoms with Crippen LogP contribution in [0.2, 0.25) is 0 Å². The first-order valence-corrected chi connectivity index (χ1v) is 9.68. The van der Waals surface area contributed by atoms with Gasteiger partial charge in [-0.05, 0) is 30.3 Å². The number of hydrogen-bond donors (Lipinski definition) is 0. The van der Waals surface area contributed by atoms with Gasteiger partial charge in [0.2, 0.25) is 5.75 Å². The summed E-state index contributed by atoms with van der Waals surface area (Å²) in [6, 6.07) is 22.8. The standard InChI is InChI=1S/C22H21BrN2O3/c1-24(14-17-10-12-20(23)13-11-17)15-19-8-5-9-21(25(26)27)22(19)28-16-18-6-3-2-4-7-18/h2-13H,14-16H2,1H3. The van der Waals surface area contributed by atoms with E-state index in [1.807, 2.05) is 55.6 Å². The molecule has 0 aliphatic carbocycles. The van der Waals surface area contributed by atoms with Gasteiger partial charge in [0.25, 0.3) is 0 Å². The molecule has 3 aromatic carbocycles. The molecule has 0 heterocycles. The Balaban J connectivity index is 1.78. The van der Waals surface area contributed by atoms with Gasteiger partial charge < -0.3 is 4.74 Å². The van der Waals surface area contributed by atoms with Crippen molar-refractivity contribution >= 4 is 21.6 Å². The van der Waals surface area contributed by atoms with Crippen molar-refractivity contribution in [2.24, 2.45) is 0 Å². The molecular weight excluding hydrogens is 420 g/mol. The first kappa shape index (κ1) is 20.0. The molecule has 0 radical (unpaired) electrons. The second-order valence-corrected chi connectivity index (χ2v) is 7.51. The van der Waals surface area contributed by atoms with E-state index in [0.717, 1.165) is 22.1 Å². The van der Waals surface area contributed by atoms with Crippen molar-refractivity contribution in [2.75, 3.05) is 7.05 Å². The molecule has 3 rings (SSSR count). The van der Waals surface area contributed by atoms with Crippen LogP contribution in [0.1, 0.15) is 16.7 Å². The summed E-state index contributed by atoms with van der Waals surface area (Å²) in [5, 5.41) is 11.5. The van der Waals surface area contributed by atoms with Crippen molar-refractivity contribution in [3.8, 4) is 5.75 Å². The van der Waals surface area contributed by atoms with Gasteiger partial charge in [0, 0.05) is 29.2 Å². The molecule has 0 bridgehead atoms. The number of para-hydroxylation sites is 1. The molecule has 0 fully saturated rings. The molecule has 6 heteroatoms. The average Bonchev–Trinajstić information content (AvgIpc) is 2.69. The van der Waals surface area contributed by atoms with Gasteiger partial charge in [-0.15, -0.1) is 0 Å². The molecule has 0 amide bonds. The van der Waals surface area contributed by atoms with Crippen LogP contribution < -0.4 is 4.74 Å². The molecule has 0 aromatic heterocycles. The van der Waals surface area contributed by atoms with Gasteiger partial charge in [0.05, 0.1) is 4.92 Å². The van der Waals surface area contributed by atoms with Crippen LogP contribution in [-0.4, -0.2) is 16.9 Å². The molecule has 28 heavy (non-hydrogen) atoms. The number of rotatable bonds is 8. The molecule has 0 N–H and O–H groups in total. The highest BCUT2D eigenvalue weighted by atomic mass is 79.9. The number of nitro benzene ring substituents is 1. The predicted molar refractivity (Wildman–Crippen MR) is 113 cm³/mol. The normalized spacial score (nSPS) is 10.8. The quantitative estimate of drug-likeness (QED) is 0.339. The van der Waals surface area contributed by atoms with E-state index in [9.17, 15) is 10.1 Å². The zero-order chi connectivity index (χ0) is 19.9. The third-order valence-electron chi connectivity index (χ3n) is 4.30. The monoisotopic (exact) mass is 440 g/mol. The Labute approximate surface area is 172 Å². The molecule has 0 aliphatic heterocycles. The van der Waals surface area contributed by atoms with Gasteiger partial charge in [-0.25, -0.2) is 0 Å². The molecule has 0 unspecified atom stereocenters. The maximum atomic E-state index is 11.5. The van der Waals surface area contributed by atoms with Gasteiger partial charge in [0.1, 0.15) is 6.61 Å². The van der Waals surface area contributed by atoms with Crippen molar-refractivity contribution < 1.29 is 9.66 Å². The smallest absolute Gasteiger partial charge is 0.311 e. The Hall–Kier alpha value is -2.70. The lowest BCUT2D eigenvalue weighted by Crippen LogP contribution is -2.18. The SMILES string of the molecule is CN(Cc1ccc(Br)cc1)Cc1cccc([N+](=O)[O-])c1OCc1ccccc1. The van der Waals surface area contributed by atoms with E-state index in [1.165, 1.54) is 11.6 Å². The van der Waals surface area contributed by atoms with Gasteiger partial charge in [-0.1, -0.05) is 70.5 Å². The first-order chi connectivity index (χ1) is 13.5. The highest BCUT2D eigenvalue weighted by molar-refractivity contribution is 9.10. The summed E-state index contributed by atoms with van der Waals surface area (Å²) in [5.74, 6) is 0.332. The third kappa shape index (κ3) is 5.41. The van der Waals surface area contributed by atoms with Crippen LogP contribution in [0.4, 0.5) is 5.69 Å². The first-order valence-electron chi connectivity index (χ1n) is 8.89. The largest absolute Gasteiger partial charge is 0.482 e. The van der Waals surface area contributed by atoms with E-state index in [4.69, 9.17) is 4.74 Å². The van der Waals surface area contributed by atoms with Gasteiger partial charge >= 0.3 is 5.69 Å². The minimum Gasteiger partial charge on any atom is -0.482 e. The van der Waals surface area contributed by atoms with E-state index in [2.05, 4.69) is 33.0 Å². The number of nitrogens with zero attached hydrogens (tertiary/aromatic N) is 2. The number of hydrogen-bond acceptors (Lipinski definition) is 4. The third-order valence-corrected chi connectivity index (χ3v) is 4.83. The van der Waals surface area contributed by atoms with Crippen LogP contribution in [0.5, 0.6) is 5.75 Å². The molecule has 144 valence electrons. The average molecular weight is 441 g/mol. The van der Waals surface area contributed by atoms with Crippen LogP contribution in [-0.2, 0) is 19.7 Å². The molecule has 3 aromatic rings. The number of benzene rings is 3. The van der Waals surface area contributed by atoms with Crippen molar-refractivity contribution in [1.82, 2.24) is 4.90 Å². The molecule has 5 nitrogen and oxygen atoms in total. The Morgan fingerprint density at radius 2 is 1.64 bits per heavy atom. The highest BCUT2D eigenvalue weighted by Crippen LogP contribution is 2.32. The van der Waals surface area contributed by atoms with Gasteiger partial charge in [-0.2, -0.15) is 0 Å². The van der Waals surface area contributed by atoms with Crippen molar-refractivity contribution in [3.05, 3.63) is 104 Å². The second kappa shape index (κ2) is 9.48. The van der Waals surface area contributed by atoms with E-state index in [0.29, 0.717) is 12.3 Å². The summed E-state index contributed by atoms with van der Waals surface area (Å²) in [6.45, 7) is 1.56. The lowest BCUT2D eigenvalue weighted by atomic mass is 10.1. The van der Waals surface area contributed by atoms with Crippen molar-refractivity contribution in [3.63, 3.8) is 0 Å². The maximum Gasteiger partial charge on any atom is 0.311 e. The molecule has 0 spiro atoms. The highest BCUT2D eigenvalue weighted by Gasteiger charge is 2.20. The zero-order valence-electron chi connectivity index (χ0n) is 15.5. The topological polar surface area (TPSA) is 55.6 Å². The Morgan fingerprint density at radius 3 is 2.32 bits per heavy atom. The second-order valence-electron chi connectivity index (χ2n) is 6.60. The lowest BCUT2D eigenvalue weighted by molar-refractivity contribution is -0.386. The summed E-state index contributed by atoms with van der Waals surface area (Å²) >= 11 is 3.44. The zero-order valence-corrected chi connectivity index (χ0v) is 17.1. The van der Waals surface area contributed by atoms with E-state index in [-0.39, 0.29) is 12.3 Å². The summed E-state index contributed by atoms with van der Waals surface area (Å²) in [7, 11) is 1.99. The molecule has 0 atom stereocenters. The van der Waals surface area contributed by atoms with Crippen LogP contribution in [0.25, 0.3) is 0 Å². The summed E-state index contributed by atoms with van der Waals surface area (Å²) in [4.78, 5) is 13.2. The van der Waals surface area contributed by atoms with E-state index in [1.54, 1.807) is 6.07 Å². The summed E-state index contributed by atoms with van der Waals surface area (Å²) in [5.41, 5.74) is 2.92. The number of nitro groups is 1. The van der Waals surface area contributed by atoms with Crippen LogP contribution >= 0.6 is 15.9 Å². The summed E-state index contributed by atoms with van der Waals surface area (Å²) < 4.78 is 6.94. The fraction of sp³-hybridized carbons (Fsp3) is 0.182. The molecule has 0 saturated heterocycles. The van der Waals surface area contributed by atoms with E-state index < -0.39 is 4.92 Å². The van der Waals surface area contributed by atoms with Crippen molar-refractivity contribution in [1.29, 1.82) is 0 Å². The number of halogens is 1.